The van der Waals surface area contributed by atoms with E-state index in [9.17, 15) is 0 Å². The number of pyridine rings is 1. The first-order valence-corrected chi connectivity index (χ1v) is 8.23. The van der Waals surface area contributed by atoms with Gasteiger partial charge in [0.25, 0.3) is 0 Å². The van der Waals surface area contributed by atoms with Crippen LogP contribution < -0.4 is 4.74 Å². The van der Waals surface area contributed by atoms with Gasteiger partial charge in [-0.2, -0.15) is 0 Å². The molecule has 0 aliphatic heterocycles. The molecule has 3 heteroatoms. The first kappa shape index (κ1) is 16.5. The summed E-state index contributed by atoms with van der Waals surface area (Å²) >= 11 is 0. The van der Waals surface area contributed by atoms with Gasteiger partial charge in [0.2, 0.25) is 5.88 Å². The van der Waals surface area contributed by atoms with Crippen LogP contribution in [0.2, 0.25) is 0 Å². The Hall–Kier alpha value is -2.39. The van der Waals surface area contributed by atoms with E-state index in [1.54, 1.807) is 0 Å². The van der Waals surface area contributed by atoms with Gasteiger partial charge in [0.05, 0.1) is 5.52 Å². The Balaban J connectivity index is 2.04. The molecule has 0 spiro atoms. The second-order valence-corrected chi connectivity index (χ2v) is 6.90. The molecule has 3 aromatic rings. The number of para-hydroxylation sites is 1. The average molecular weight is 320 g/mol. The predicted octanol–water partition coefficient (Wildman–Crippen LogP) is 4.62. The first-order chi connectivity index (χ1) is 11.5. The number of aromatic nitrogens is 1. The highest BCUT2D eigenvalue weighted by Crippen LogP contribution is 2.32. The van der Waals surface area contributed by atoms with Crippen LogP contribution in [0.1, 0.15) is 13.8 Å². The largest absolute Gasteiger partial charge is 0.475 e. The van der Waals surface area contributed by atoms with Crippen LogP contribution in [-0.2, 0) is 0 Å². The highest BCUT2D eigenvalue weighted by molar-refractivity contribution is 5.86. The van der Waals surface area contributed by atoms with Crippen LogP contribution in [0.15, 0.2) is 60.7 Å². The maximum absolute atomic E-state index is 6.17. The highest BCUT2D eigenvalue weighted by atomic mass is 16.5. The molecule has 24 heavy (non-hydrogen) atoms. The minimum absolute atomic E-state index is 0.0682. The van der Waals surface area contributed by atoms with Crippen LogP contribution in [0.3, 0.4) is 0 Å². The molecule has 0 aliphatic rings. The summed E-state index contributed by atoms with van der Waals surface area (Å²) in [5.74, 6) is 0.690. The van der Waals surface area contributed by atoms with E-state index in [-0.39, 0.29) is 5.54 Å². The molecule has 0 N–H and O–H groups in total. The van der Waals surface area contributed by atoms with Crippen molar-refractivity contribution < 1.29 is 4.74 Å². The minimum atomic E-state index is -0.0682. The average Bonchev–Trinajstić information content (AvgIpc) is 2.60. The summed E-state index contributed by atoms with van der Waals surface area (Å²) in [4.78, 5) is 6.94. The lowest BCUT2D eigenvalue weighted by Crippen LogP contribution is -2.43. The molecule has 0 radical (unpaired) electrons. The maximum Gasteiger partial charge on any atom is 0.222 e. The molecule has 0 atom stereocenters. The second kappa shape index (κ2) is 6.62. The van der Waals surface area contributed by atoms with E-state index in [0.29, 0.717) is 12.5 Å². The van der Waals surface area contributed by atoms with Crippen molar-refractivity contribution in [2.45, 2.75) is 19.4 Å². The van der Waals surface area contributed by atoms with Crippen LogP contribution in [0.25, 0.3) is 22.0 Å². The van der Waals surface area contributed by atoms with E-state index in [2.05, 4.69) is 57.1 Å². The summed E-state index contributed by atoms with van der Waals surface area (Å²) in [6, 6.07) is 20.6. The predicted molar refractivity (Wildman–Crippen MR) is 100 cm³/mol. The zero-order valence-corrected chi connectivity index (χ0v) is 14.8. The number of hydrogen-bond donors (Lipinski definition) is 0. The quantitative estimate of drug-likeness (QED) is 0.686. The summed E-state index contributed by atoms with van der Waals surface area (Å²) in [6.07, 6.45) is 0. The molecule has 0 fully saturated rings. The van der Waals surface area contributed by atoms with Crippen LogP contribution in [-0.4, -0.2) is 36.1 Å². The number of ether oxygens (including phenoxy) is 1. The van der Waals surface area contributed by atoms with Crippen molar-refractivity contribution in [2.75, 3.05) is 20.7 Å². The summed E-state index contributed by atoms with van der Waals surface area (Å²) in [5, 5.41) is 1.12. The Kier molecular flexibility index (Phi) is 4.54. The molecule has 0 amide bonds. The Morgan fingerprint density at radius 3 is 2.33 bits per heavy atom. The Bertz CT molecular complexity index is 826. The number of benzene rings is 2. The topological polar surface area (TPSA) is 25.4 Å². The lowest BCUT2D eigenvalue weighted by Gasteiger charge is -2.32. The van der Waals surface area contributed by atoms with Gasteiger partial charge < -0.3 is 9.64 Å². The molecule has 0 aliphatic carbocycles. The molecule has 0 saturated carbocycles. The van der Waals surface area contributed by atoms with Crippen LogP contribution in [0.4, 0.5) is 0 Å². The van der Waals surface area contributed by atoms with Gasteiger partial charge in [-0.1, -0.05) is 48.5 Å². The van der Waals surface area contributed by atoms with Gasteiger partial charge in [0.15, 0.2) is 0 Å². The Labute approximate surface area is 143 Å². The summed E-state index contributed by atoms with van der Waals surface area (Å²) in [7, 11) is 4.13. The maximum atomic E-state index is 6.17. The molecule has 0 bridgehead atoms. The van der Waals surface area contributed by atoms with Crippen LogP contribution >= 0.6 is 0 Å². The number of rotatable bonds is 5. The standard InChI is InChI=1S/C21H24N2O/c1-21(2,23(3)4)15-24-20-18(16-10-6-5-7-11-16)14-17-12-8-9-13-19(17)22-20/h5-14H,15H2,1-4H3. The monoisotopic (exact) mass is 320 g/mol. The van der Waals surface area contributed by atoms with Gasteiger partial charge in [-0.25, -0.2) is 4.98 Å². The van der Waals surface area contributed by atoms with Crippen molar-refractivity contribution in [2.24, 2.45) is 0 Å². The van der Waals surface area contributed by atoms with Gasteiger partial charge in [0.1, 0.15) is 6.61 Å². The lowest BCUT2D eigenvalue weighted by atomic mass is 10.0. The van der Waals surface area contributed by atoms with E-state index >= 15 is 0 Å². The highest BCUT2D eigenvalue weighted by Gasteiger charge is 2.22. The fourth-order valence-corrected chi connectivity index (χ4v) is 2.41. The molecule has 1 heterocycles. The molecule has 3 rings (SSSR count). The van der Waals surface area contributed by atoms with Crippen molar-refractivity contribution in [1.29, 1.82) is 0 Å². The number of nitrogens with zero attached hydrogens (tertiary/aromatic N) is 2. The molecule has 1 aromatic heterocycles. The van der Waals surface area contributed by atoms with Gasteiger partial charge in [0, 0.05) is 16.5 Å². The number of hydrogen-bond acceptors (Lipinski definition) is 3. The van der Waals surface area contributed by atoms with E-state index < -0.39 is 0 Å². The molecule has 124 valence electrons. The van der Waals surface area contributed by atoms with Gasteiger partial charge in [-0.05, 0) is 45.6 Å². The third-order valence-electron chi connectivity index (χ3n) is 4.55. The smallest absolute Gasteiger partial charge is 0.222 e. The number of fused-ring (bicyclic) bond motifs is 1. The Morgan fingerprint density at radius 1 is 0.958 bits per heavy atom. The van der Waals surface area contributed by atoms with Crippen molar-refractivity contribution in [3.8, 4) is 17.0 Å². The summed E-state index contributed by atoms with van der Waals surface area (Å²) in [5.41, 5.74) is 3.04. The van der Waals surface area contributed by atoms with Crippen molar-refractivity contribution in [3.05, 3.63) is 60.7 Å². The van der Waals surface area contributed by atoms with Crippen molar-refractivity contribution in [3.63, 3.8) is 0 Å². The molecule has 0 unspecified atom stereocenters. The first-order valence-electron chi connectivity index (χ1n) is 8.23. The molecule has 3 nitrogen and oxygen atoms in total. The van der Waals surface area contributed by atoms with Crippen LogP contribution in [0.5, 0.6) is 5.88 Å². The fraction of sp³-hybridized carbons (Fsp3) is 0.286. The third-order valence-corrected chi connectivity index (χ3v) is 4.55. The molecular formula is C21H24N2O. The van der Waals surface area contributed by atoms with E-state index in [0.717, 1.165) is 22.0 Å². The summed E-state index contributed by atoms with van der Waals surface area (Å²) in [6.45, 7) is 4.90. The SMILES string of the molecule is CN(C)C(C)(C)COc1nc2ccccc2cc1-c1ccccc1. The van der Waals surface area contributed by atoms with Crippen molar-refractivity contribution in [1.82, 2.24) is 9.88 Å². The normalized spacial score (nSPS) is 11.9. The number of likely N-dealkylation sites (N-methyl/N-ethyl adjacent to an activating group) is 1. The zero-order valence-electron chi connectivity index (χ0n) is 14.8. The second-order valence-electron chi connectivity index (χ2n) is 6.90. The molecule has 2 aromatic carbocycles. The Morgan fingerprint density at radius 2 is 1.62 bits per heavy atom. The van der Waals surface area contributed by atoms with E-state index in [4.69, 9.17) is 9.72 Å². The summed E-state index contributed by atoms with van der Waals surface area (Å²) < 4.78 is 6.17. The lowest BCUT2D eigenvalue weighted by molar-refractivity contribution is 0.111. The van der Waals surface area contributed by atoms with Gasteiger partial charge >= 0.3 is 0 Å². The molecular weight excluding hydrogens is 296 g/mol. The van der Waals surface area contributed by atoms with Gasteiger partial charge in [-0.15, -0.1) is 0 Å². The fourth-order valence-electron chi connectivity index (χ4n) is 2.41. The third kappa shape index (κ3) is 3.41. The molecule has 0 saturated heterocycles. The van der Waals surface area contributed by atoms with Gasteiger partial charge in [-0.3, -0.25) is 0 Å². The minimum Gasteiger partial charge on any atom is -0.475 e. The van der Waals surface area contributed by atoms with E-state index in [1.165, 1.54) is 0 Å². The van der Waals surface area contributed by atoms with Crippen LogP contribution in [0, 0.1) is 0 Å². The van der Waals surface area contributed by atoms with Crippen molar-refractivity contribution >= 4 is 10.9 Å². The van der Waals surface area contributed by atoms with E-state index in [1.807, 2.05) is 36.4 Å². The zero-order chi connectivity index (χ0) is 17.2.